The van der Waals surface area contributed by atoms with Crippen molar-refractivity contribution in [3.8, 4) is 0 Å². The van der Waals surface area contributed by atoms with Gasteiger partial charge in [0.15, 0.2) is 5.69 Å². The number of amides is 1. The van der Waals surface area contributed by atoms with E-state index in [4.69, 9.17) is 5.73 Å². The van der Waals surface area contributed by atoms with Crippen molar-refractivity contribution in [2.75, 3.05) is 5.73 Å². The molecule has 1 aromatic heterocycles. The molecule has 3 aliphatic carbocycles. The van der Waals surface area contributed by atoms with Gasteiger partial charge in [0, 0.05) is 6.04 Å². The lowest BCUT2D eigenvalue weighted by Crippen LogP contribution is -2.30. The number of hydrogen-bond acceptors (Lipinski definition) is 3. The summed E-state index contributed by atoms with van der Waals surface area (Å²) in [5.41, 5.74) is 7.80. The molecule has 4 N–H and O–H groups in total. The highest BCUT2D eigenvalue weighted by molar-refractivity contribution is 5.98. The number of nitrogen functional groups attached to an aromatic ring is 1. The number of fused-ring (bicyclic) bond motifs is 5. The predicted molar refractivity (Wildman–Crippen MR) is 76.1 cm³/mol. The van der Waals surface area contributed by atoms with Crippen LogP contribution in [0.5, 0.6) is 0 Å². The zero-order valence-corrected chi connectivity index (χ0v) is 11.9. The molecule has 4 atom stereocenters. The number of rotatable bonds is 4. The largest absolute Gasteiger partial charge is 0.395 e. The van der Waals surface area contributed by atoms with Gasteiger partial charge in [-0.25, -0.2) is 0 Å². The third-order valence-electron chi connectivity index (χ3n) is 5.63. The van der Waals surface area contributed by atoms with Crippen molar-refractivity contribution in [1.29, 1.82) is 0 Å². The van der Waals surface area contributed by atoms with E-state index in [0.717, 1.165) is 42.2 Å². The van der Waals surface area contributed by atoms with Crippen molar-refractivity contribution in [3.05, 3.63) is 11.4 Å². The summed E-state index contributed by atoms with van der Waals surface area (Å²) < 4.78 is 0. The number of nitrogens with one attached hydrogen (secondary N) is 2. The van der Waals surface area contributed by atoms with Crippen molar-refractivity contribution >= 4 is 11.6 Å². The molecule has 0 spiro atoms. The average molecular weight is 274 g/mol. The maximum Gasteiger partial charge on any atom is 0.274 e. The Balaban J connectivity index is 1.44. The molecule has 1 amide bonds. The summed E-state index contributed by atoms with van der Waals surface area (Å²) in [6.45, 7) is 2.08. The van der Waals surface area contributed by atoms with Crippen molar-refractivity contribution in [1.82, 2.24) is 15.5 Å². The van der Waals surface area contributed by atoms with E-state index >= 15 is 0 Å². The number of hydrogen-bond donors (Lipinski definition) is 3. The van der Waals surface area contributed by atoms with Crippen LogP contribution in [-0.2, 0) is 6.42 Å². The summed E-state index contributed by atoms with van der Waals surface area (Å²) in [4.78, 5) is 12.3. The van der Waals surface area contributed by atoms with Crippen molar-refractivity contribution < 1.29 is 4.79 Å². The summed E-state index contributed by atoms with van der Waals surface area (Å²) in [5.74, 6) is 3.12. The van der Waals surface area contributed by atoms with Gasteiger partial charge >= 0.3 is 0 Å². The molecule has 3 aliphatic rings. The van der Waals surface area contributed by atoms with Gasteiger partial charge in [0.1, 0.15) is 0 Å². The van der Waals surface area contributed by atoms with Crippen molar-refractivity contribution in [2.45, 2.75) is 45.1 Å². The van der Waals surface area contributed by atoms with Crippen LogP contribution in [0.3, 0.4) is 0 Å². The van der Waals surface area contributed by atoms with E-state index in [-0.39, 0.29) is 5.91 Å². The van der Waals surface area contributed by atoms with E-state index in [2.05, 4.69) is 22.4 Å². The monoisotopic (exact) mass is 274 g/mol. The fourth-order valence-electron chi connectivity index (χ4n) is 4.74. The second-order valence-electron chi connectivity index (χ2n) is 6.70. The van der Waals surface area contributed by atoms with E-state index in [1.807, 2.05) is 0 Å². The molecule has 0 aromatic carbocycles. The molecule has 5 heteroatoms. The number of carbonyl (C=O) groups is 1. The molecule has 1 aromatic rings. The third-order valence-corrected chi connectivity index (χ3v) is 5.63. The molecule has 20 heavy (non-hydrogen) atoms. The van der Waals surface area contributed by atoms with Crippen LogP contribution in [-0.4, -0.2) is 22.1 Å². The fourth-order valence-corrected chi connectivity index (χ4v) is 4.74. The number of anilines is 1. The average Bonchev–Trinajstić information content (AvgIpc) is 2.82. The number of nitrogens with two attached hydrogens (primary N) is 1. The van der Waals surface area contributed by atoms with Gasteiger partial charge in [-0.3, -0.25) is 9.89 Å². The summed E-state index contributed by atoms with van der Waals surface area (Å²) in [6, 6.07) is 0.388. The van der Waals surface area contributed by atoms with Crippen LogP contribution in [0.4, 0.5) is 5.69 Å². The minimum absolute atomic E-state index is 0.0973. The van der Waals surface area contributed by atoms with Gasteiger partial charge in [0.2, 0.25) is 0 Å². The molecule has 5 nitrogen and oxygen atoms in total. The lowest BCUT2D eigenvalue weighted by Gasteiger charge is -2.09. The minimum atomic E-state index is -0.0973. The van der Waals surface area contributed by atoms with Crippen LogP contribution in [0, 0.1) is 23.7 Å². The first-order valence-corrected chi connectivity index (χ1v) is 7.84. The number of carbonyl (C=O) groups excluding carboxylic acids is 1. The van der Waals surface area contributed by atoms with Crippen molar-refractivity contribution in [3.63, 3.8) is 0 Å². The van der Waals surface area contributed by atoms with Crippen LogP contribution in [0.25, 0.3) is 0 Å². The highest BCUT2D eigenvalue weighted by Crippen LogP contribution is 2.65. The fraction of sp³-hybridized carbons (Fsp3) is 0.733. The van der Waals surface area contributed by atoms with Crippen LogP contribution in [0.2, 0.25) is 0 Å². The van der Waals surface area contributed by atoms with Gasteiger partial charge < -0.3 is 11.1 Å². The molecule has 108 valence electrons. The Morgan fingerprint density at radius 1 is 1.40 bits per heavy atom. The maximum absolute atomic E-state index is 12.3. The summed E-state index contributed by atoms with van der Waals surface area (Å²) >= 11 is 0. The van der Waals surface area contributed by atoms with Crippen molar-refractivity contribution in [2.24, 2.45) is 23.7 Å². The first-order valence-electron chi connectivity index (χ1n) is 7.84. The normalized spacial score (nSPS) is 37.0. The van der Waals surface area contributed by atoms with E-state index in [0.29, 0.717) is 17.4 Å². The lowest BCUT2D eigenvalue weighted by atomic mass is 10.0. The Hall–Kier alpha value is -1.52. The Morgan fingerprint density at radius 2 is 2.10 bits per heavy atom. The molecule has 0 saturated heterocycles. The van der Waals surface area contributed by atoms with Crippen LogP contribution >= 0.6 is 0 Å². The molecule has 1 heterocycles. The zero-order valence-electron chi connectivity index (χ0n) is 11.9. The summed E-state index contributed by atoms with van der Waals surface area (Å²) in [5, 5.41) is 10.2. The Kier molecular flexibility index (Phi) is 2.59. The second kappa shape index (κ2) is 4.24. The molecule has 0 aliphatic heterocycles. The van der Waals surface area contributed by atoms with E-state index in [9.17, 15) is 4.79 Å². The first-order chi connectivity index (χ1) is 9.70. The standard InChI is InChI=1S/C15H22N4O/c1-2-3-9-12(16)14(19-18-9)15(20)17-13-10-7-4-5-8(6-7)11(10)13/h7-8,10-11,13H,2-6,16H2,1H3,(H,17,20)(H,18,19). The highest BCUT2D eigenvalue weighted by atomic mass is 16.2. The SMILES string of the molecule is CCCc1[nH]nc(C(=O)NC2C3C4CCC(C4)C23)c1N. The van der Waals surface area contributed by atoms with Gasteiger partial charge in [-0.15, -0.1) is 0 Å². The Labute approximate surface area is 118 Å². The highest BCUT2D eigenvalue weighted by Gasteiger charge is 2.65. The van der Waals surface area contributed by atoms with Crippen LogP contribution < -0.4 is 11.1 Å². The van der Waals surface area contributed by atoms with Gasteiger partial charge in [-0.2, -0.15) is 5.10 Å². The topological polar surface area (TPSA) is 83.8 Å². The molecule has 0 radical (unpaired) electrons. The number of aromatic amines is 1. The number of aryl methyl sites for hydroxylation is 1. The smallest absolute Gasteiger partial charge is 0.274 e. The lowest BCUT2D eigenvalue weighted by molar-refractivity contribution is 0.0940. The second-order valence-corrected chi connectivity index (χ2v) is 6.70. The molecule has 4 unspecified atom stereocenters. The number of H-pyrrole nitrogens is 1. The quantitative estimate of drug-likeness (QED) is 0.781. The van der Waals surface area contributed by atoms with E-state index in [1.165, 1.54) is 19.3 Å². The van der Waals surface area contributed by atoms with Gasteiger partial charge in [0.25, 0.3) is 5.91 Å². The van der Waals surface area contributed by atoms with E-state index in [1.54, 1.807) is 0 Å². The zero-order chi connectivity index (χ0) is 13.9. The molecular formula is C15H22N4O. The molecule has 3 fully saturated rings. The summed E-state index contributed by atoms with van der Waals surface area (Å²) in [6.07, 6.45) is 5.95. The summed E-state index contributed by atoms with van der Waals surface area (Å²) in [7, 11) is 0. The minimum Gasteiger partial charge on any atom is -0.395 e. The molecule has 3 saturated carbocycles. The van der Waals surface area contributed by atoms with Gasteiger partial charge in [-0.1, -0.05) is 13.3 Å². The molecular weight excluding hydrogens is 252 g/mol. The van der Waals surface area contributed by atoms with Gasteiger partial charge in [0.05, 0.1) is 11.4 Å². The van der Waals surface area contributed by atoms with Crippen LogP contribution in [0.15, 0.2) is 0 Å². The molecule has 2 bridgehead atoms. The third kappa shape index (κ3) is 1.61. The molecule has 4 rings (SSSR count). The van der Waals surface area contributed by atoms with Gasteiger partial charge in [-0.05, 0) is 49.4 Å². The predicted octanol–water partition coefficient (Wildman–Crippen LogP) is 1.72. The Bertz CT molecular complexity index is 536. The first kappa shape index (κ1) is 12.2. The van der Waals surface area contributed by atoms with E-state index < -0.39 is 0 Å². The number of aromatic nitrogens is 2. The number of nitrogens with zero attached hydrogens (tertiary/aromatic N) is 1. The van der Waals surface area contributed by atoms with Crippen LogP contribution in [0.1, 0.15) is 48.8 Å². The maximum atomic E-state index is 12.3. The Morgan fingerprint density at radius 3 is 2.75 bits per heavy atom.